The standard InChI is InChI=1S/C15H25NO4/c1-10(2)15(14(18)19)5-6-16(9-15)13(17)12-4-7-20-11(3)8-12/h10-12H,4-9H2,1-3H3,(H,18,19). The van der Waals surface area contributed by atoms with Crippen molar-refractivity contribution in [3.63, 3.8) is 0 Å². The second kappa shape index (κ2) is 5.72. The Labute approximate surface area is 120 Å². The van der Waals surface area contributed by atoms with E-state index in [0.29, 0.717) is 26.1 Å². The van der Waals surface area contributed by atoms with E-state index in [2.05, 4.69) is 0 Å². The van der Waals surface area contributed by atoms with Gasteiger partial charge in [-0.25, -0.2) is 0 Å². The Hall–Kier alpha value is -1.10. The predicted molar refractivity (Wildman–Crippen MR) is 74.2 cm³/mol. The van der Waals surface area contributed by atoms with Crippen LogP contribution in [0.3, 0.4) is 0 Å². The summed E-state index contributed by atoms with van der Waals surface area (Å²) >= 11 is 0. The quantitative estimate of drug-likeness (QED) is 0.857. The average Bonchev–Trinajstić information content (AvgIpc) is 2.84. The van der Waals surface area contributed by atoms with Crippen molar-refractivity contribution in [2.24, 2.45) is 17.3 Å². The normalized spacial score (nSPS) is 34.5. The summed E-state index contributed by atoms with van der Waals surface area (Å²) in [6, 6.07) is 0. The van der Waals surface area contributed by atoms with Crippen LogP contribution >= 0.6 is 0 Å². The smallest absolute Gasteiger partial charge is 0.311 e. The van der Waals surface area contributed by atoms with E-state index in [1.807, 2.05) is 20.8 Å². The van der Waals surface area contributed by atoms with Crippen LogP contribution in [0.5, 0.6) is 0 Å². The van der Waals surface area contributed by atoms with Gasteiger partial charge in [-0.2, -0.15) is 0 Å². The number of likely N-dealkylation sites (tertiary alicyclic amines) is 1. The van der Waals surface area contributed by atoms with Crippen molar-refractivity contribution in [2.45, 2.75) is 46.1 Å². The second-order valence-corrected chi connectivity index (χ2v) is 6.53. The molecule has 0 aliphatic carbocycles. The average molecular weight is 283 g/mol. The van der Waals surface area contributed by atoms with Gasteiger partial charge in [0.1, 0.15) is 0 Å². The van der Waals surface area contributed by atoms with Crippen molar-refractivity contribution in [1.82, 2.24) is 4.90 Å². The Morgan fingerprint density at radius 1 is 1.40 bits per heavy atom. The van der Waals surface area contributed by atoms with Gasteiger partial charge in [-0.05, 0) is 32.1 Å². The van der Waals surface area contributed by atoms with E-state index >= 15 is 0 Å². The van der Waals surface area contributed by atoms with Crippen LogP contribution in [0.25, 0.3) is 0 Å². The third kappa shape index (κ3) is 2.68. The Kier molecular flexibility index (Phi) is 4.37. The van der Waals surface area contributed by atoms with E-state index in [1.54, 1.807) is 4.90 Å². The van der Waals surface area contributed by atoms with E-state index in [9.17, 15) is 14.7 Å². The first-order valence-corrected chi connectivity index (χ1v) is 7.50. The topological polar surface area (TPSA) is 66.8 Å². The van der Waals surface area contributed by atoms with Crippen LogP contribution in [-0.4, -0.2) is 47.7 Å². The minimum atomic E-state index is -0.775. The number of amides is 1. The van der Waals surface area contributed by atoms with Crippen molar-refractivity contribution >= 4 is 11.9 Å². The number of rotatable bonds is 3. The van der Waals surface area contributed by atoms with Gasteiger partial charge in [0.2, 0.25) is 5.91 Å². The highest BCUT2D eigenvalue weighted by atomic mass is 16.5. The molecule has 2 aliphatic rings. The molecule has 3 unspecified atom stereocenters. The molecule has 2 fully saturated rings. The van der Waals surface area contributed by atoms with Crippen LogP contribution in [0.15, 0.2) is 0 Å². The number of ether oxygens (including phenoxy) is 1. The van der Waals surface area contributed by atoms with Crippen molar-refractivity contribution in [2.75, 3.05) is 19.7 Å². The number of nitrogens with zero attached hydrogens (tertiary/aromatic N) is 1. The van der Waals surface area contributed by atoms with E-state index in [4.69, 9.17) is 4.74 Å². The fraction of sp³-hybridized carbons (Fsp3) is 0.867. The first kappa shape index (κ1) is 15.3. The van der Waals surface area contributed by atoms with Crippen LogP contribution in [0, 0.1) is 17.3 Å². The van der Waals surface area contributed by atoms with Gasteiger partial charge in [0.15, 0.2) is 0 Å². The molecular weight excluding hydrogens is 258 g/mol. The van der Waals surface area contributed by atoms with E-state index in [1.165, 1.54) is 0 Å². The molecule has 0 aromatic heterocycles. The van der Waals surface area contributed by atoms with Crippen LogP contribution in [0.4, 0.5) is 0 Å². The minimum absolute atomic E-state index is 0.00416. The largest absolute Gasteiger partial charge is 0.481 e. The third-order valence-electron chi connectivity index (χ3n) is 4.98. The maximum atomic E-state index is 12.6. The first-order chi connectivity index (χ1) is 9.36. The minimum Gasteiger partial charge on any atom is -0.481 e. The molecule has 5 heteroatoms. The number of hydrogen-bond donors (Lipinski definition) is 1. The van der Waals surface area contributed by atoms with Crippen LogP contribution < -0.4 is 0 Å². The summed E-state index contributed by atoms with van der Waals surface area (Å²) in [7, 11) is 0. The summed E-state index contributed by atoms with van der Waals surface area (Å²) in [6.07, 6.45) is 2.18. The van der Waals surface area contributed by atoms with Crippen LogP contribution in [0.2, 0.25) is 0 Å². The van der Waals surface area contributed by atoms with E-state index in [0.717, 1.165) is 12.8 Å². The lowest BCUT2D eigenvalue weighted by atomic mass is 9.76. The number of carbonyl (C=O) groups excluding carboxylic acids is 1. The monoisotopic (exact) mass is 283 g/mol. The lowest BCUT2D eigenvalue weighted by molar-refractivity contribution is -0.151. The number of aliphatic carboxylic acids is 1. The molecule has 2 heterocycles. The van der Waals surface area contributed by atoms with Gasteiger partial charge in [-0.3, -0.25) is 9.59 Å². The molecule has 5 nitrogen and oxygen atoms in total. The first-order valence-electron chi connectivity index (χ1n) is 7.50. The summed E-state index contributed by atoms with van der Waals surface area (Å²) in [5.74, 6) is -0.631. The summed E-state index contributed by atoms with van der Waals surface area (Å²) < 4.78 is 5.47. The second-order valence-electron chi connectivity index (χ2n) is 6.53. The molecule has 2 saturated heterocycles. The summed E-state index contributed by atoms with van der Waals surface area (Å²) in [5, 5.41) is 9.53. The molecule has 0 spiro atoms. The molecule has 2 rings (SSSR count). The Morgan fingerprint density at radius 2 is 2.10 bits per heavy atom. The molecule has 20 heavy (non-hydrogen) atoms. The maximum Gasteiger partial charge on any atom is 0.311 e. The number of carboxylic acids is 1. The molecule has 1 N–H and O–H groups in total. The highest BCUT2D eigenvalue weighted by Crippen LogP contribution is 2.39. The van der Waals surface area contributed by atoms with Crippen molar-refractivity contribution in [3.8, 4) is 0 Å². The molecule has 0 bridgehead atoms. The molecule has 2 aliphatic heterocycles. The molecule has 114 valence electrons. The zero-order chi connectivity index (χ0) is 14.9. The van der Waals surface area contributed by atoms with Crippen molar-refractivity contribution in [3.05, 3.63) is 0 Å². The predicted octanol–water partition coefficient (Wildman–Crippen LogP) is 1.76. The van der Waals surface area contributed by atoms with Gasteiger partial charge in [0, 0.05) is 25.6 Å². The lowest BCUT2D eigenvalue weighted by Gasteiger charge is -2.32. The van der Waals surface area contributed by atoms with Crippen molar-refractivity contribution in [1.29, 1.82) is 0 Å². The zero-order valence-electron chi connectivity index (χ0n) is 12.6. The third-order valence-corrected chi connectivity index (χ3v) is 4.98. The fourth-order valence-corrected chi connectivity index (χ4v) is 3.39. The van der Waals surface area contributed by atoms with Gasteiger partial charge in [-0.15, -0.1) is 0 Å². The molecule has 0 aromatic carbocycles. The maximum absolute atomic E-state index is 12.6. The summed E-state index contributed by atoms with van der Waals surface area (Å²) in [6.45, 7) is 7.38. The van der Waals surface area contributed by atoms with Gasteiger partial charge in [-0.1, -0.05) is 13.8 Å². The van der Waals surface area contributed by atoms with Crippen LogP contribution in [0.1, 0.15) is 40.0 Å². The number of carbonyl (C=O) groups is 2. The molecular formula is C15H25NO4. The van der Waals surface area contributed by atoms with Gasteiger partial charge >= 0.3 is 5.97 Å². The lowest BCUT2D eigenvalue weighted by Crippen LogP contribution is -2.43. The van der Waals surface area contributed by atoms with E-state index in [-0.39, 0.29) is 23.8 Å². The fourth-order valence-electron chi connectivity index (χ4n) is 3.39. The molecule has 1 amide bonds. The Balaban J connectivity index is 2.04. The summed E-state index contributed by atoms with van der Waals surface area (Å²) in [5.41, 5.74) is -0.771. The number of carboxylic acid groups (broad SMARTS) is 1. The van der Waals surface area contributed by atoms with Gasteiger partial charge in [0.25, 0.3) is 0 Å². The molecule has 0 aromatic rings. The van der Waals surface area contributed by atoms with Crippen molar-refractivity contribution < 1.29 is 19.4 Å². The Morgan fingerprint density at radius 3 is 2.60 bits per heavy atom. The van der Waals surface area contributed by atoms with Gasteiger partial charge < -0.3 is 14.7 Å². The highest BCUT2D eigenvalue weighted by Gasteiger charge is 2.49. The zero-order valence-corrected chi connectivity index (χ0v) is 12.6. The Bertz CT molecular complexity index is 395. The molecule has 0 radical (unpaired) electrons. The van der Waals surface area contributed by atoms with Gasteiger partial charge in [0.05, 0.1) is 11.5 Å². The summed E-state index contributed by atoms with van der Waals surface area (Å²) in [4.78, 5) is 25.9. The SMILES string of the molecule is CC1CC(C(=O)N2CCC(C(=O)O)(C(C)C)C2)CCO1. The van der Waals surface area contributed by atoms with Crippen LogP contribution in [-0.2, 0) is 14.3 Å². The molecule has 3 atom stereocenters. The highest BCUT2D eigenvalue weighted by molar-refractivity contribution is 5.82. The van der Waals surface area contributed by atoms with E-state index < -0.39 is 11.4 Å². The number of hydrogen-bond acceptors (Lipinski definition) is 3. The molecule has 0 saturated carbocycles.